The Morgan fingerprint density at radius 2 is 0.667 bits per heavy atom. The summed E-state index contributed by atoms with van der Waals surface area (Å²) in [6.07, 6.45) is 7.36. The van der Waals surface area contributed by atoms with Crippen molar-refractivity contribution in [3.05, 3.63) is 201 Å². The molecule has 0 unspecified atom stereocenters. The first-order valence-corrected chi connectivity index (χ1v) is 24.4. The fraction of sp³-hybridized carbons (Fsp3) is 0.0909. The first-order chi connectivity index (χ1) is 28.7. The summed E-state index contributed by atoms with van der Waals surface area (Å²) in [6, 6.07) is 20.6. The van der Waals surface area contributed by atoms with Crippen molar-refractivity contribution < 1.29 is 0 Å². The number of halogens is 8. The molecule has 0 fully saturated rings. The Hall–Kier alpha value is -2.96. The maximum absolute atomic E-state index is 4.98. The largest absolute Gasteiger partial charge is 0.354 e. The van der Waals surface area contributed by atoms with Gasteiger partial charge in [-0.15, -0.1) is 0 Å². The molecule has 0 radical (unpaired) electrons. The third-order valence-corrected chi connectivity index (χ3v) is 17.9. The van der Waals surface area contributed by atoms with E-state index in [0.717, 1.165) is 138 Å². The molecule has 1 aliphatic heterocycles. The number of hydrogen-bond donors (Lipinski definition) is 2. The molecule has 8 aromatic heterocycles. The molecule has 300 valence electrons. The zero-order valence-electron chi connectivity index (χ0n) is 31.8. The molecule has 16 heteroatoms. The van der Waals surface area contributed by atoms with Crippen molar-refractivity contribution >= 4 is 150 Å². The van der Waals surface area contributed by atoms with Gasteiger partial charge in [-0.1, -0.05) is 0 Å². The fourth-order valence-electron chi connectivity index (χ4n) is 7.50. The lowest BCUT2D eigenvalue weighted by molar-refractivity contribution is 1.11. The number of aryl methyl sites for hydroxylation is 4. The second-order valence-electron chi connectivity index (χ2n) is 14.4. The highest BCUT2D eigenvalue weighted by atomic mass is 79.9. The van der Waals surface area contributed by atoms with Crippen molar-refractivity contribution in [1.29, 1.82) is 0 Å². The van der Waals surface area contributed by atoms with E-state index in [9.17, 15) is 0 Å². The molecule has 0 aromatic carbocycles. The molecule has 0 amide bonds. The van der Waals surface area contributed by atoms with Gasteiger partial charge in [-0.05, 0) is 206 Å². The second kappa shape index (κ2) is 16.6. The minimum atomic E-state index is 0.752. The molecule has 0 aliphatic carbocycles. The maximum atomic E-state index is 4.98. The Bertz CT molecular complexity index is 3150. The monoisotopic (exact) mass is 1300 g/mol. The lowest BCUT2D eigenvalue weighted by Crippen LogP contribution is -2.26. The molecule has 0 saturated heterocycles. The van der Waals surface area contributed by atoms with E-state index in [1.54, 1.807) is 0 Å². The number of aromatic nitrogens is 8. The number of fused-ring (bicyclic) bond motifs is 8. The molecule has 9 rings (SSSR count). The van der Waals surface area contributed by atoms with Gasteiger partial charge in [0.25, 0.3) is 0 Å². The van der Waals surface area contributed by atoms with Gasteiger partial charge in [-0.2, -0.15) is 0 Å². The van der Waals surface area contributed by atoms with Crippen LogP contribution in [0.1, 0.15) is 67.8 Å². The molecule has 1 aliphatic rings. The zero-order chi connectivity index (χ0) is 42.3. The van der Waals surface area contributed by atoms with Crippen molar-refractivity contribution in [2.24, 2.45) is 0 Å². The quantitative estimate of drug-likeness (QED) is 0.184. The number of nitrogens with zero attached hydrogens (tertiary/aromatic N) is 6. The number of rotatable bonds is 4. The van der Waals surface area contributed by atoms with E-state index in [2.05, 4.69) is 202 Å². The van der Waals surface area contributed by atoms with Crippen molar-refractivity contribution in [1.82, 2.24) is 37.1 Å². The first-order valence-electron chi connectivity index (χ1n) is 18.3. The highest BCUT2D eigenvalue weighted by Gasteiger charge is 2.30. The van der Waals surface area contributed by atoms with E-state index in [0.29, 0.717) is 0 Å². The minimum Gasteiger partial charge on any atom is -0.354 e. The Morgan fingerprint density at radius 3 is 0.967 bits per heavy atom. The van der Waals surface area contributed by atoms with Gasteiger partial charge in [0.05, 0.1) is 137 Å². The van der Waals surface area contributed by atoms with E-state index < -0.39 is 0 Å². The van der Waals surface area contributed by atoms with Crippen LogP contribution >= 0.6 is 128 Å². The number of H-pyrrole nitrogens is 2. The molecule has 60 heavy (non-hydrogen) atoms. The highest BCUT2D eigenvalue weighted by Crippen LogP contribution is 2.41. The van der Waals surface area contributed by atoms with Gasteiger partial charge in [0, 0.05) is 35.9 Å². The van der Waals surface area contributed by atoms with Crippen molar-refractivity contribution in [3.63, 3.8) is 0 Å². The van der Waals surface area contributed by atoms with Gasteiger partial charge in [0.15, 0.2) is 0 Å². The Kier molecular flexibility index (Phi) is 11.7. The minimum absolute atomic E-state index is 0.752. The summed E-state index contributed by atoms with van der Waals surface area (Å²) in [6.45, 7) is 8.28. The topological polar surface area (TPSA) is 93.0 Å². The lowest BCUT2D eigenvalue weighted by atomic mass is 10.1. The SMILES string of the molecule is Cc1ccnc(C2=c3c(Br)c(Br)c(n3Br)=C(c3cc(C)ccn3)c3[nH]c(c(Br)c3Br)C(c3cc(C)ccn3)=c3c(Br)c(Br)c(n3Br)=C(c3cc(C)ccn3)c3ccc2[nH]3)c1. The van der Waals surface area contributed by atoms with Crippen LogP contribution in [-0.2, 0) is 0 Å². The molecule has 8 bridgehead atoms. The van der Waals surface area contributed by atoms with Crippen LogP contribution in [0, 0.1) is 27.7 Å². The maximum Gasteiger partial charge on any atom is 0.0796 e. The summed E-state index contributed by atoms with van der Waals surface area (Å²) in [4.78, 5) is 27.6. The van der Waals surface area contributed by atoms with E-state index >= 15 is 0 Å². The van der Waals surface area contributed by atoms with Crippen LogP contribution in [0.15, 0.2) is 112 Å². The van der Waals surface area contributed by atoms with Gasteiger partial charge >= 0.3 is 0 Å². The van der Waals surface area contributed by atoms with Gasteiger partial charge in [-0.25, -0.2) is 0 Å². The number of aromatic amines is 2. The lowest BCUT2D eigenvalue weighted by Gasteiger charge is -2.12. The zero-order valence-corrected chi connectivity index (χ0v) is 44.5. The summed E-state index contributed by atoms with van der Waals surface area (Å²) in [7, 11) is 0. The standard InChI is InChI=1S/C44H28Br8N8/c1-19-7-11-53-25(15-19)29-23-5-6-24(57-23)30(26-16-20(2)8-12-54-26)42-36(48)38(50)44(60(42)52)32(28-18-22(4)10-14-56-28)40-34(46)33(45)39(58-40)31(27-17-21(3)9-13-55-27)43-37(49)35(47)41(29)59(43)51/h5-18,57-58H,1-4H3. The van der Waals surface area contributed by atoms with E-state index in [-0.39, 0.29) is 0 Å². The van der Waals surface area contributed by atoms with Gasteiger partial charge in [0.2, 0.25) is 0 Å². The molecule has 2 N–H and O–H groups in total. The molecule has 0 atom stereocenters. The molecule has 9 heterocycles. The van der Waals surface area contributed by atoms with Crippen LogP contribution in [0.2, 0.25) is 0 Å². The fourth-order valence-corrected chi connectivity index (χ4v) is 13.1. The summed E-state index contributed by atoms with van der Waals surface area (Å²) in [5.41, 5.74) is 13.9. The summed E-state index contributed by atoms with van der Waals surface area (Å²) >= 11 is 32.5. The number of pyridine rings is 4. The third-order valence-electron chi connectivity index (χ3n) is 10.2. The number of hydrogen-bond acceptors (Lipinski definition) is 4. The van der Waals surface area contributed by atoms with Crippen LogP contribution < -0.4 is 21.4 Å². The van der Waals surface area contributed by atoms with Gasteiger partial charge in [0.1, 0.15) is 0 Å². The van der Waals surface area contributed by atoms with Crippen molar-refractivity contribution in [3.8, 4) is 0 Å². The molecular weight excluding hydrogens is 1280 g/mol. The normalized spacial score (nSPS) is 12.9. The van der Waals surface area contributed by atoms with Gasteiger partial charge < -0.3 is 9.97 Å². The average Bonchev–Trinajstić information content (AvgIpc) is 3.92. The Morgan fingerprint density at radius 1 is 0.383 bits per heavy atom. The van der Waals surface area contributed by atoms with Crippen LogP contribution in [0.3, 0.4) is 0 Å². The number of nitrogens with one attached hydrogen (secondary N) is 2. The molecule has 8 nitrogen and oxygen atoms in total. The van der Waals surface area contributed by atoms with Gasteiger partial charge in [-0.3, -0.25) is 27.1 Å². The van der Waals surface area contributed by atoms with E-state index in [1.807, 2.05) is 56.2 Å². The van der Waals surface area contributed by atoms with Crippen molar-refractivity contribution in [2.75, 3.05) is 0 Å². The predicted molar refractivity (Wildman–Crippen MR) is 266 cm³/mol. The predicted octanol–water partition coefficient (Wildman–Crippen LogP) is 11.0. The molecular formula is C44H28Br8N8. The van der Waals surface area contributed by atoms with Crippen LogP contribution in [0.25, 0.3) is 22.3 Å². The summed E-state index contributed by atoms with van der Waals surface area (Å²) in [5.74, 6) is 0. The van der Waals surface area contributed by atoms with E-state index in [4.69, 9.17) is 19.9 Å². The molecule has 8 aromatic rings. The third kappa shape index (κ3) is 7.14. The van der Waals surface area contributed by atoms with Crippen LogP contribution in [-0.4, -0.2) is 37.1 Å². The highest BCUT2D eigenvalue weighted by molar-refractivity contribution is 9.14. The van der Waals surface area contributed by atoms with Crippen LogP contribution in [0.5, 0.6) is 0 Å². The first kappa shape index (κ1) is 42.3. The molecule has 0 saturated carbocycles. The summed E-state index contributed by atoms with van der Waals surface area (Å²) in [5, 5.41) is 3.26. The second-order valence-corrected chi connectivity index (χ2v) is 20.6. The molecule has 0 spiro atoms. The Balaban J connectivity index is 1.61. The summed E-state index contributed by atoms with van der Waals surface area (Å²) < 4.78 is 8.86. The van der Waals surface area contributed by atoms with Crippen molar-refractivity contribution in [2.45, 2.75) is 27.7 Å². The Labute approximate surface area is 411 Å². The average molecular weight is 1310 g/mol. The smallest absolute Gasteiger partial charge is 0.0796 e. The van der Waals surface area contributed by atoms with E-state index in [1.165, 1.54) is 0 Å². The van der Waals surface area contributed by atoms with Crippen LogP contribution in [0.4, 0.5) is 0 Å².